The third-order valence-corrected chi connectivity index (χ3v) is 4.95. The van der Waals surface area contributed by atoms with Crippen LogP contribution in [0.25, 0.3) is 17.2 Å². The van der Waals surface area contributed by atoms with Gasteiger partial charge in [-0.25, -0.2) is 4.79 Å². The summed E-state index contributed by atoms with van der Waals surface area (Å²) in [7, 11) is 1.54. The highest BCUT2D eigenvalue weighted by molar-refractivity contribution is 5.99. The number of benzene rings is 3. The molecule has 3 aromatic carbocycles. The van der Waals surface area contributed by atoms with Crippen molar-refractivity contribution in [2.45, 2.75) is 13.3 Å². The van der Waals surface area contributed by atoms with E-state index in [0.717, 1.165) is 33.9 Å². The number of carbonyl (C=O) groups is 1. The van der Waals surface area contributed by atoms with Crippen molar-refractivity contribution in [3.8, 4) is 17.2 Å². The van der Waals surface area contributed by atoms with E-state index in [4.69, 9.17) is 9.84 Å². The Morgan fingerprint density at radius 1 is 0.871 bits per heavy atom. The summed E-state index contributed by atoms with van der Waals surface area (Å²) in [6, 6.07) is 19.6. The van der Waals surface area contributed by atoms with Gasteiger partial charge in [0.25, 0.3) is 0 Å². The van der Waals surface area contributed by atoms with Crippen LogP contribution in [0.4, 0.5) is 0 Å². The highest BCUT2D eigenvalue weighted by atomic mass is 16.5. The minimum Gasteiger partial charge on any atom is -0.508 e. The van der Waals surface area contributed by atoms with Crippen LogP contribution in [0.2, 0.25) is 0 Å². The Morgan fingerprint density at radius 3 is 1.84 bits per heavy atom. The number of carboxylic acid groups (broad SMARTS) is 1. The minimum absolute atomic E-state index is 0.178. The summed E-state index contributed by atoms with van der Waals surface area (Å²) in [5.41, 5.74) is 5.40. The van der Waals surface area contributed by atoms with Crippen LogP contribution in [-0.2, 0) is 4.79 Å². The number of hydrogen-bond acceptors (Lipinski definition) is 4. The zero-order valence-corrected chi connectivity index (χ0v) is 17.4. The van der Waals surface area contributed by atoms with Crippen molar-refractivity contribution in [3.63, 3.8) is 0 Å². The first kappa shape index (κ1) is 21.7. The van der Waals surface area contributed by atoms with E-state index in [0.29, 0.717) is 17.7 Å². The van der Waals surface area contributed by atoms with E-state index in [-0.39, 0.29) is 11.5 Å². The lowest BCUT2D eigenvalue weighted by Crippen LogP contribution is -1.97. The lowest BCUT2D eigenvalue weighted by molar-refractivity contribution is -0.131. The normalized spacial score (nSPS) is 10.8. The monoisotopic (exact) mass is 416 g/mol. The molecule has 0 bridgehead atoms. The fourth-order valence-corrected chi connectivity index (χ4v) is 3.51. The number of phenolic OH excluding ortho intramolecular Hbond substituents is 2. The van der Waals surface area contributed by atoms with E-state index in [1.807, 2.05) is 49.4 Å². The Kier molecular flexibility index (Phi) is 6.78. The largest absolute Gasteiger partial charge is 0.508 e. The molecule has 0 aliphatic rings. The van der Waals surface area contributed by atoms with Gasteiger partial charge in [-0.05, 0) is 76.7 Å². The zero-order valence-electron chi connectivity index (χ0n) is 17.4. The van der Waals surface area contributed by atoms with E-state index in [1.165, 1.54) is 6.08 Å². The fraction of sp³-hybridized carbons (Fsp3) is 0.115. The highest BCUT2D eigenvalue weighted by Crippen LogP contribution is 2.37. The average molecular weight is 416 g/mol. The van der Waals surface area contributed by atoms with Gasteiger partial charge in [0, 0.05) is 11.6 Å². The van der Waals surface area contributed by atoms with E-state index in [9.17, 15) is 15.0 Å². The quantitative estimate of drug-likeness (QED) is 0.346. The lowest BCUT2D eigenvalue weighted by Gasteiger charge is -2.17. The second-order valence-electron chi connectivity index (χ2n) is 6.93. The van der Waals surface area contributed by atoms with E-state index >= 15 is 0 Å². The maximum atomic E-state index is 11.0. The van der Waals surface area contributed by atoms with Crippen LogP contribution >= 0.6 is 0 Å². The molecule has 0 atom stereocenters. The highest BCUT2D eigenvalue weighted by Gasteiger charge is 2.15. The molecule has 158 valence electrons. The number of carboxylic acids is 1. The molecule has 0 aliphatic heterocycles. The average Bonchev–Trinajstić information content (AvgIpc) is 2.77. The predicted octanol–water partition coefficient (Wildman–Crippen LogP) is 5.57. The number of methoxy groups -OCH3 is 1. The van der Waals surface area contributed by atoms with Gasteiger partial charge < -0.3 is 20.1 Å². The van der Waals surface area contributed by atoms with Gasteiger partial charge in [0.2, 0.25) is 0 Å². The van der Waals surface area contributed by atoms with Crippen LogP contribution in [0, 0.1) is 0 Å². The summed E-state index contributed by atoms with van der Waals surface area (Å²) < 4.78 is 5.39. The Balaban J connectivity index is 2.26. The molecule has 3 N–H and O–H groups in total. The predicted molar refractivity (Wildman–Crippen MR) is 122 cm³/mol. The molecule has 0 unspecified atom stereocenters. The van der Waals surface area contributed by atoms with Gasteiger partial charge in [0.15, 0.2) is 0 Å². The molecule has 5 nitrogen and oxygen atoms in total. The maximum absolute atomic E-state index is 11.0. The number of allylic oxidation sites excluding steroid dienone is 1. The Bertz CT molecular complexity index is 1080. The first-order valence-electron chi connectivity index (χ1n) is 9.84. The summed E-state index contributed by atoms with van der Waals surface area (Å²) in [6.45, 7) is 2.05. The third-order valence-electron chi connectivity index (χ3n) is 4.95. The first-order chi connectivity index (χ1) is 14.9. The first-order valence-corrected chi connectivity index (χ1v) is 9.84. The fourth-order valence-electron chi connectivity index (χ4n) is 3.51. The van der Waals surface area contributed by atoms with Crippen molar-refractivity contribution in [1.82, 2.24) is 0 Å². The van der Waals surface area contributed by atoms with Gasteiger partial charge in [0.05, 0.1) is 7.11 Å². The van der Waals surface area contributed by atoms with E-state index < -0.39 is 5.97 Å². The molecule has 0 saturated heterocycles. The van der Waals surface area contributed by atoms with Crippen molar-refractivity contribution in [2.75, 3.05) is 7.11 Å². The van der Waals surface area contributed by atoms with Crippen LogP contribution in [0.3, 0.4) is 0 Å². The second-order valence-corrected chi connectivity index (χ2v) is 6.93. The molecular weight excluding hydrogens is 392 g/mol. The second kappa shape index (κ2) is 9.67. The SMILES string of the molecule is CCC(=C(c1ccc(O)cc1)c1ccc(O)cc1)c1ccc(OC)c(/C=C/C(=O)O)c1. The molecule has 3 aromatic rings. The minimum atomic E-state index is -1.03. The van der Waals surface area contributed by atoms with Gasteiger partial charge in [-0.2, -0.15) is 0 Å². The molecule has 0 amide bonds. The molecule has 3 rings (SSSR count). The molecule has 0 fully saturated rings. The van der Waals surface area contributed by atoms with Gasteiger partial charge in [-0.3, -0.25) is 0 Å². The zero-order chi connectivity index (χ0) is 22.4. The smallest absolute Gasteiger partial charge is 0.328 e. The number of rotatable bonds is 7. The molecule has 0 aliphatic carbocycles. The summed E-state index contributed by atoms with van der Waals surface area (Å²) in [5.74, 6) is -0.102. The maximum Gasteiger partial charge on any atom is 0.328 e. The molecule has 31 heavy (non-hydrogen) atoms. The Morgan fingerprint density at radius 2 is 1.39 bits per heavy atom. The van der Waals surface area contributed by atoms with Crippen LogP contribution in [-0.4, -0.2) is 28.4 Å². The van der Waals surface area contributed by atoms with Gasteiger partial charge >= 0.3 is 5.97 Å². The summed E-state index contributed by atoms with van der Waals surface area (Å²) in [5, 5.41) is 28.5. The molecule has 0 saturated carbocycles. The van der Waals surface area contributed by atoms with Gasteiger partial charge in [-0.15, -0.1) is 0 Å². The molecule has 0 heterocycles. The van der Waals surface area contributed by atoms with Crippen LogP contribution in [0.1, 0.15) is 35.6 Å². The van der Waals surface area contributed by atoms with Crippen molar-refractivity contribution in [1.29, 1.82) is 0 Å². The number of aromatic hydroxyl groups is 2. The number of phenols is 2. The molecule has 0 radical (unpaired) electrons. The Hall–Kier alpha value is -3.99. The number of hydrogen-bond donors (Lipinski definition) is 3. The topological polar surface area (TPSA) is 87.0 Å². The van der Waals surface area contributed by atoms with Gasteiger partial charge in [-0.1, -0.05) is 37.3 Å². The number of ether oxygens (including phenoxy) is 1. The summed E-state index contributed by atoms with van der Waals surface area (Å²) in [6.07, 6.45) is 3.29. The van der Waals surface area contributed by atoms with E-state index in [1.54, 1.807) is 31.4 Å². The van der Waals surface area contributed by atoms with Crippen LogP contribution in [0.15, 0.2) is 72.8 Å². The molecular formula is C26H24O5. The van der Waals surface area contributed by atoms with Crippen molar-refractivity contribution in [2.24, 2.45) is 0 Å². The van der Waals surface area contributed by atoms with Crippen molar-refractivity contribution in [3.05, 3.63) is 95.1 Å². The molecule has 0 spiro atoms. The summed E-state index contributed by atoms with van der Waals surface area (Å²) >= 11 is 0. The number of aliphatic carboxylic acids is 1. The molecule has 5 heteroatoms. The standard InChI is InChI=1S/C26H24O5/c1-3-23(19-8-14-24(31-2)20(16-19)9-15-25(29)30)26(17-4-10-21(27)11-5-17)18-6-12-22(28)13-7-18/h4-16,27-28H,3H2,1-2H3,(H,29,30)/b15-9+. The van der Waals surface area contributed by atoms with Crippen molar-refractivity contribution >= 4 is 23.2 Å². The van der Waals surface area contributed by atoms with Crippen LogP contribution < -0.4 is 4.74 Å². The molecule has 0 aromatic heterocycles. The van der Waals surface area contributed by atoms with E-state index in [2.05, 4.69) is 0 Å². The Labute approximate surface area is 181 Å². The summed E-state index contributed by atoms with van der Waals surface area (Å²) in [4.78, 5) is 11.0. The van der Waals surface area contributed by atoms with Gasteiger partial charge in [0.1, 0.15) is 17.2 Å². The van der Waals surface area contributed by atoms with Crippen LogP contribution in [0.5, 0.6) is 17.2 Å². The third kappa shape index (κ3) is 5.14. The van der Waals surface area contributed by atoms with Crippen molar-refractivity contribution < 1.29 is 24.9 Å². The lowest BCUT2D eigenvalue weighted by atomic mass is 9.87.